The number of hydrogen-bond donors (Lipinski definition) is 0. The van der Waals surface area contributed by atoms with Gasteiger partial charge in [-0.2, -0.15) is 0 Å². The SMILES string of the molecule is COc1ccc(Cn2cc(C(=O)c3ccc(C)c(C)c3)c(=O)c3cc(OC)c(OC)cc32)cc1. The summed E-state index contributed by atoms with van der Waals surface area (Å²) in [7, 11) is 4.69. The smallest absolute Gasteiger partial charge is 0.200 e. The van der Waals surface area contributed by atoms with Gasteiger partial charge in [-0.3, -0.25) is 9.59 Å². The summed E-state index contributed by atoms with van der Waals surface area (Å²) >= 11 is 0. The topological polar surface area (TPSA) is 66.8 Å². The second kappa shape index (κ2) is 9.43. The molecule has 6 heteroatoms. The lowest BCUT2D eigenvalue weighted by molar-refractivity contribution is 0.103. The van der Waals surface area contributed by atoms with Crippen molar-refractivity contribution >= 4 is 16.7 Å². The number of rotatable bonds is 7. The number of carbonyl (C=O) groups is 1. The molecule has 0 saturated heterocycles. The highest BCUT2D eigenvalue weighted by Crippen LogP contribution is 2.31. The number of pyridine rings is 1. The standard InChI is InChI=1S/C28H27NO5/c1-17-6-9-20(12-18(17)2)27(30)23-16-29(15-19-7-10-21(32-3)11-8-19)24-14-26(34-5)25(33-4)13-22(24)28(23)31/h6-14,16H,15H2,1-5H3. The van der Waals surface area contributed by atoms with Crippen LogP contribution in [-0.2, 0) is 6.54 Å². The second-order valence-electron chi connectivity index (χ2n) is 8.20. The summed E-state index contributed by atoms with van der Waals surface area (Å²) in [4.78, 5) is 27.0. The van der Waals surface area contributed by atoms with Crippen LogP contribution < -0.4 is 19.6 Å². The van der Waals surface area contributed by atoms with Gasteiger partial charge in [0, 0.05) is 24.4 Å². The highest BCUT2D eigenvalue weighted by Gasteiger charge is 2.20. The average Bonchev–Trinajstić information content (AvgIpc) is 2.86. The van der Waals surface area contributed by atoms with E-state index in [-0.39, 0.29) is 16.8 Å². The summed E-state index contributed by atoms with van der Waals surface area (Å²) in [6, 6.07) is 16.5. The Balaban J connectivity index is 1.93. The molecule has 0 saturated carbocycles. The van der Waals surface area contributed by atoms with Crippen LogP contribution in [0.3, 0.4) is 0 Å². The molecule has 0 spiro atoms. The number of aryl methyl sites for hydroxylation is 2. The van der Waals surface area contributed by atoms with Crippen LogP contribution in [0.2, 0.25) is 0 Å². The predicted molar refractivity (Wildman–Crippen MR) is 133 cm³/mol. The van der Waals surface area contributed by atoms with Gasteiger partial charge in [0.25, 0.3) is 0 Å². The summed E-state index contributed by atoms with van der Waals surface area (Å²) in [6.07, 6.45) is 1.64. The van der Waals surface area contributed by atoms with Gasteiger partial charge in [0.1, 0.15) is 5.75 Å². The van der Waals surface area contributed by atoms with E-state index in [0.29, 0.717) is 34.5 Å². The molecule has 0 aliphatic rings. The summed E-state index contributed by atoms with van der Waals surface area (Å²) in [5.74, 6) is 1.38. The summed E-state index contributed by atoms with van der Waals surface area (Å²) < 4.78 is 18.0. The Hall–Kier alpha value is -4.06. The number of benzene rings is 3. The van der Waals surface area contributed by atoms with E-state index in [4.69, 9.17) is 14.2 Å². The maximum atomic E-state index is 13.5. The van der Waals surface area contributed by atoms with Gasteiger partial charge >= 0.3 is 0 Å². The van der Waals surface area contributed by atoms with Crippen molar-refractivity contribution in [3.63, 3.8) is 0 Å². The van der Waals surface area contributed by atoms with Crippen LogP contribution in [0.5, 0.6) is 17.2 Å². The molecule has 0 amide bonds. The zero-order valence-electron chi connectivity index (χ0n) is 20.0. The molecule has 0 bridgehead atoms. The second-order valence-corrected chi connectivity index (χ2v) is 8.20. The van der Waals surface area contributed by atoms with E-state index < -0.39 is 0 Å². The maximum Gasteiger partial charge on any atom is 0.200 e. The minimum absolute atomic E-state index is 0.108. The molecule has 0 aliphatic carbocycles. The first kappa shape index (κ1) is 23.1. The number of ether oxygens (including phenoxy) is 3. The number of hydrogen-bond acceptors (Lipinski definition) is 5. The molecular formula is C28H27NO5. The molecule has 4 aromatic rings. The Bertz CT molecular complexity index is 1430. The van der Waals surface area contributed by atoms with Crippen LogP contribution in [0.4, 0.5) is 0 Å². The van der Waals surface area contributed by atoms with Gasteiger partial charge in [-0.25, -0.2) is 0 Å². The van der Waals surface area contributed by atoms with Crippen LogP contribution in [0.1, 0.15) is 32.6 Å². The van der Waals surface area contributed by atoms with Gasteiger partial charge in [-0.15, -0.1) is 0 Å². The molecule has 4 rings (SSSR count). The van der Waals surface area contributed by atoms with Crippen LogP contribution in [0.15, 0.2) is 65.6 Å². The lowest BCUT2D eigenvalue weighted by atomic mass is 9.98. The number of ketones is 1. The molecule has 0 unspecified atom stereocenters. The summed E-state index contributed by atoms with van der Waals surface area (Å²) in [5.41, 5.74) is 3.97. The third-order valence-electron chi connectivity index (χ3n) is 6.11. The first-order chi connectivity index (χ1) is 16.4. The third kappa shape index (κ3) is 4.27. The van der Waals surface area contributed by atoms with E-state index in [1.54, 1.807) is 38.6 Å². The zero-order chi connectivity index (χ0) is 24.4. The van der Waals surface area contributed by atoms with Crippen LogP contribution in [0.25, 0.3) is 10.9 Å². The minimum Gasteiger partial charge on any atom is -0.497 e. The van der Waals surface area contributed by atoms with Crippen LogP contribution in [0, 0.1) is 13.8 Å². The van der Waals surface area contributed by atoms with Crippen molar-refractivity contribution in [1.82, 2.24) is 4.57 Å². The lowest BCUT2D eigenvalue weighted by Crippen LogP contribution is -2.20. The fourth-order valence-corrected chi connectivity index (χ4v) is 3.98. The van der Waals surface area contributed by atoms with Gasteiger partial charge in [-0.1, -0.05) is 24.3 Å². The fraction of sp³-hybridized carbons (Fsp3) is 0.214. The molecule has 0 atom stereocenters. The molecule has 1 heterocycles. The van der Waals surface area contributed by atoms with Gasteiger partial charge < -0.3 is 18.8 Å². The van der Waals surface area contributed by atoms with Crippen molar-refractivity contribution in [2.45, 2.75) is 20.4 Å². The number of methoxy groups -OCH3 is 3. The Morgan fingerprint density at radius 3 is 2.12 bits per heavy atom. The van der Waals surface area contributed by atoms with E-state index >= 15 is 0 Å². The number of nitrogens with zero attached hydrogens (tertiary/aromatic N) is 1. The normalized spacial score (nSPS) is 10.9. The first-order valence-electron chi connectivity index (χ1n) is 10.9. The van der Waals surface area contributed by atoms with Crippen LogP contribution in [-0.4, -0.2) is 31.7 Å². The van der Waals surface area contributed by atoms with Gasteiger partial charge in [0.15, 0.2) is 17.3 Å². The van der Waals surface area contributed by atoms with Gasteiger partial charge in [-0.05, 0) is 54.8 Å². The Morgan fingerprint density at radius 1 is 0.824 bits per heavy atom. The Labute approximate surface area is 198 Å². The molecule has 0 fully saturated rings. The number of aromatic nitrogens is 1. The van der Waals surface area contributed by atoms with Crippen molar-refractivity contribution in [2.75, 3.05) is 21.3 Å². The van der Waals surface area contributed by atoms with Crippen molar-refractivity contribution in [3.05, 3.63) is 98.8 Å². The monoisotopic (exact) mass is 457 g/mol. The van der Waals surface area contributed by atoms with Crippen molar-refractivity contribution in [2.24, 2.45) is 0 Å². The zero-order valence-corrected chi connectivity index (χ0v) is 20.0. The molecule has 174 valence electrons. The van der Waals surface area contributed by atoms with Gasteiger partial charge in [0.2, 0.25) is 5.43 Å². The molecule has 34 heavy (non-hydrogen) atoms. The lowest BCUT2D eigenvalue weighted by Gasteiger charge is -2.16. The van der Waals surface area contributed by atoms with E-state index in [1.165, 1.54) is 7.11 Å². The largest absolute Gasteiger partial charge is 0.497 e. The summed E-state index contributed by atoms with van der Waals surface area (Å²) in [5, 5.41) is 0.390. The van der Waals surface area contributed by atoms with E-state index in [9.17, 15) is 9.59 Å². The highest BCUT2D eigenvalue weighted by molar-refractivity contribution is 6.10. The van der Waals surface area contributed by atoms with Crippen molar-refractivity contribution in [1.29, 1.82) is 0 Å². The molecule has 0 N–H and O–H groups in total. The average molecular weight is 458 g/mol. The molecule has 0 aliphatic heterocycles. The summed E-state index contributed by atoms with van der Waals surface area (Å²) in [6.45, 7) is 4.39. The predicted octanol–water partition coefficient (Wildman–Crippen LogP) is 4.92. The maximum absolute atomic E-state index is 13.5. The fourth-order valence-electron chi connectivity index (χ4n) is 3.98. The number of fused-ring (bicyclic) bond motifs is 1. The third-order valence-corrected chi connectivity index (χ3v) is 6.11. The Morgan fingerprint density at radius 2 is 1.50 bits per heavy atom. The quantitative estimate of drug-likeness (QED) is 0.369. The minimum atomic E-state index is -0.342. The Kier molecular flexibility index (Phi) is 6.41. The highest BCUT2D eigenvalue weighted by atomic mass is 16.5. The van der Waals surface area contributed by atoms with E-state index in [1.807, 2.05) is 54.8 Å². The molecule has 6 nitrogen and oxygen atoms in total. The van der Waals surface area contributed by atoms with Crippen LogP contribution >= 0.6 is 0 Å². The molecular weight excluding hydrogens is 430 g/mol. The molecule has 1 aromatic heterocycles. The molecule has 0 radical (unpaired) electrons. The first-order valence-corrected chi connectivity index (χ1v) is 10.9. The van der Waals surface area contributed by atoms with Crippen molar-refractivity contribution < 1.29 is 19.0 Å². The van der Waals surface area contributed by atoms with E-state index in [0.717, 1.165) is 22.4 Å². The van der Waals surface area contributed by atoms with E-state index in [2.05, 4.69) is 0 Å². The van der Waals surface area contributed by atoms with Gasteiger partial charge in [0.05, 0.1) is 37.8 Å². The van der Waals surface area contributed by atoms with Crippen molar-refractivity contribution in [3.8, 4) is 17.2 Å². The molecule has 3 aromatic carbocycles. The number of carbonyl (C=O) groups excluding carboxylic acids is 1.